The Kier molecular flexibility index (Phi) is 11.9. The molecule has 1 aliphatic rings. The lowest BCUT2D eigenvalue weighted by Crippen LogP contribution is -2.52. The fourth-order valence-corrected chi connectivity index (χ4v) is 6.79. The van der Waals surface area contributed by atoms with Crippen LogP contribution in [0.3, 0.4) is 0 Å². The maximum Gasteiger partial charge on any atom is 0.416 e. The van der Waals surface area contributed by atoms with Gasteiger partial charge in [0.15, 0.2) is 0 Å². The standard InChI is InChI=1S/C35H42F3N3O4S/c1-26-18-20-28(21-19-26)25-40(32(23-27-11-5-3-6-12-27)34(43)39-30-14-7-4-8-15-30)33(42)17-10-22-41(46(2,44)45)31-16-9-13-29(24-31)35(36,37)38/h3,5-6,9,11-13,16,18-21,24,30,32H,4,7-8,10,14-15,17,22-23,25H2,1-2H3,(H,39,43)/t32-/m1/s1. The molecule has 248 valence electrons. The van der Waals surface area contributed by atoms with Crippen LogP contribution in [0.15, 0.2) is 78.9 Å². The van der Waals surface area contributed by atoms with Gasteiger partial charge >= 0.3 is 6.18 Å². The number of hydrogen-bond acceptors (Lipinski definition) is 4. The highest BCUT2D eigenvalue weighted by Gasteiger charge is 2.33. The average molecular weight is 658 g/mol. The van der Waals surface area contributed by atoms with E-state index in [4.69, 9.17) is 0 Å². The van der Waals surface area contributed by atoms with Gasteiger partial charge in [-0.2, -0.15) is 13.2 Å². The number of anilines is 1. The number of nitrogens with zero attached hydrogens (tertiary/aromatic N) is 2. The summed E-state index contributed by atoms with van der Waals surface area (Å²) in [7, 11) is -3.96. The van der Waals surface area contributed by atoms with Crippen molar-refractivity contribution in [2.75, 3.05) is 17.1 Å². The molecule has 4 rings (SSSR count). The molecule has 1 N–H and O–H groups in total. The number of carbonyl (C=O) groups is 2. The van der Waals surface area contributed by atoms with Crippen molar-refractivity contribution in [3.05, 3.63) is 101 Å². The molecular weight excluding hydrogens is 615 g/mol. The first-order chi connectivity index (χ1) is 21.8. The number of halogens is 3. The molecular formula is C35H42F3N3O4S. The maximum absolute atomic E-state index is 14.0. The van der Waals surface area contributed by atoms with E-state index in [0.717, 1.165) is 77.6 Å². The van der Waals surface area contributed by atoms with Crippen LogP contribution in [0.5, 0.6) is 0 Å². The molecule has 7 nitrogen and oxygen atoms in total. The lowest BCUT2D eigenvalue weighted by molar-refractivity contribution is -0.141. The van der Waals surface area contributed by atoms with Gasteiger partial charge in [0, 0.05) is 32.0 Å². The van der Waals surface area contributed by atoms with Crippen LogP contribution in [0.4, 0.5) is 18.9 Å². The van der Waals surface area contributed by atoms with Crippen LogP contribution in [0.2, 0.25) is 0 Å². The number of aryl methyl sites for hydroxylation is 1. The SMILES string of the molecule is Cc1ccc(CN(C(=O)CCCN(c2cccc(C(F)(F)F)c2)S(C)(=O)=O)[C@H](Cc2ccccc2)C(=O)NC2CCCCC2)cc1. The summed E-state index contributed by atoms with van der Waals surface area (Å²) in [5, 5.41) is 3.19. The number of amides is 2. The van der Waals surface area contributed by atoms with Gasteiger partial charge in [-0.25, -0.2) is 8.42 Å². The fourth-order valence-electron chi connectivity index (χ4n) is 5.83. The van der Waals surface area contributed by atoms with Gasteiger partial charge in [0.05, 0.1) is 17.5 Å². The topological polar surface area (TPSA) is 86.8 Å². The van der Waals surface area contributed by atoms with Crippen molar-refractivity contribution in [2.45, 2.75) is 83.1 Å². The summed E-state index contributed by atoms with van der Waals surface area (Å²) < 4.78 is 66.3. The molecule has 2 amide bonds. The molecule has 0 saturated heterocycles. The first-order valence-corrected chi connectivity index (χ1v) is 17.5. The maximum atomic E-state index is 14.0. The number of benzene rings is 3. The Morgan fingerprint density at radius 2 is 1.59 bits per heavy atom. The van der Waals surface area contributed by atoms with Crippen molar-refractivity contribution in [3.63, 3.8) is 0 Å². The third-order valence-electron chi connectivity index (χ3n) is 8.31. The molecule has 0 aromatic heterocycles. The van der Waals surface area contributed by atoms with Crippen LogP contribution in [-0.4, -0.2) is 50.0 Å². The lowest BCUT2D eigenvalue weighted by Gasteiger charge is -2.34. The first kappa shape index (κ1) is 35.0. The highest BCUT2D eigenvalue weighted by atomic mass is 32.2. The van der Waals surface area contributed by atoms with E-state index in [2.05, 4.69) is 5.32 Å². The van der Waals surface area contributed by atoms with Gasteiger partial charge in [-0.15, -0.1) is 0 Å². The average Bonchev–Trinajstić information content (AvgIpc) is 3.02. The van der Waals surface area contributed by atoms with E-state index < -0.39 is 27.8 Å². The molecule has 0 unspecified atom stereocenters. The molecule has 0 spiro atoms. The number of alkyl halides is 3. The monoisotopic (exact) mass is 657 g/mol. The first-order valence-electron chi connectivity index (χ1n) is 15.7. The van der Waals surface area contributed by atoms with Gasteiger partial charge in [-0.05, 0) is 55.5 Å². The van der Waals surface area contributed by atoms with Gasteiger partial charge in [-0.1, -0.05) is 85.5 Å². The van der Waals surface area contributed by atoms with E-state index in [0.29, 0.717) is 0 Å². The van der Waals surface area contributed by atoms with Gasteiger partial charge in [0.2, 0.25) is 21.8 Å². The second-order valence-corrected chi connectivity index (χ2v) is 13.9. The summed E-state index contributed by atoms with van der Waals surface area (Å²) in [4.78, 5) is 29.5. The zero-order chi connectivity index (χ0) is 33.3. The molecule has 11 heteroatoms. The minimum Gasteiger partial charge on any atom is -0.352 e. The van der Waals surface area contributed by atoms with Crippen molar-refractivity contribution >= 4 is 27.5 Å². The highest BCUT2D eigenvalue weighted by molar-refractivity contribution is 7.92. The molecule has 1 fully saturated rings. The quantitative estimate of drug-likeness (QED) is 0.223. The summed E-state index contributed by atoms with van der Waals surface area (Å²) in [5.41, 5.74) is 1.68. The summed E-state index contributed by atoms with van der Waals surface area (Å²) in [6, 6.07) is 20.5. The number of carbonyl (C=O) groups excluding carboxylic acids is 2. The second-order valence-electron chi connectivity index (χ2n) is 12.0. The second kappa shape index (κ2) is 15.6. The zero-order valence-corrected chi connectivity index (χ0v) is 27.1. The van der Waals surface area contributed by atoms with Crippen molar-refractivity contribution in [1.29, 1.82) is 0 Å². The van der Waals surface area contributed by atoms with E-state index in [-0.39, 0.29) is 55.9 Å². The van der Waals surface area contributed by atoms with Crippen LogP contribution in [0.1, 0.15) is 67.2 Å². The molecule has 0 radical (unpaired) electrons. The number of rotatable bonds is 13. The van der Waals surface area contributed by atoms with E-state index >= 15 is 0 Å². The van der Waals surface area contributed by atoms with Crippen LogP contribution in [-0.2, 0) is 38.8 Å². The molecule has 3 aromatic carbocycles. The Bertz CT molecular complexity index is 1560. The van der Waals surface area contributed by atoms with E-state index in [1.165, 1.54) is 6.07 Å². The molecule has 0 heterocycles. The number of hydrogen-bond donors (Lipinski definition) is 1. The third-order valence-corrected chi connectivity index (χ3v) is 9.50. The van der Waals surface area contributed by atoms with Crippen LogP contribution in [0, 0.1) is 6.92 Å². The minimum absolute atomic E-state index is 0.0339. The van der Waals surface area contributed by atoms with Gasteiger partial charge < -0.3 is 10.2 Å². The molecule has 46 heavy (non-hydrogen) atoms. The lowest BCUT2D eigenvalue weighted by atomic mass is 9.94. The van der Waals surface area contributed by atoms with Gasteiger partial charge in [-0.3, -0.25) is 13.9 Å². The van der Waals surface area contributed by atoms with Crippen LogP contribution >= 0.6 is 0 Å². The summed E-state index contributed by atoms with van der Waals surface area (Å²) >= 11 is 0. The van der Waals surface area contributed by atoms with Crippen molar-refractivity contribution in [2.24, 2.45) is 0 Å². The molecule has 1 atom stereocenters. The van der Waals surface area contributed by atoms with E-state index in [1.807, 2.05) is 61.5 Å². The van der Waals surface area contributed by atoms with Crippen LogP contribution < -0.4 is 9.62 Å². The molecule has 1 aliphatic carbocycles. The van der Waals surface area contributed by atoms with E-state index in [1.54, 1.807) is 4.90 Å². The smallest absolute Gasteiger partial charge is 0.352 e. The zero-order valence-electron chi connectivity index (χ0n) is 26.3. The third kappa shape index (κ3) is 10.1. The van der Waals surface area contributed by atoms with E-state index in [9.17, 15) is 31.2 Å². The van der Waals surface area contributed by atoms with Gasteiger partial charge in [0.1, 0.15) is 6.04 Å². The normalized spacial score (nSPS) is 14.8. The van der Waals surface area contributed by atoms with Crippen LogP contribution in [0.25, 0.3) is 0 Å². The highest BCUT2D eigenvalue weighted by Crippen LogP contribution is 2.32. The Morgan fingerprint density at radius 3 is 2.22 bits per heavy atom. The Hall–Kier alpha value is -3.86. The minimum atomic E-state index is -4.64. The largest absolute Gasteiger partial charge is 0.416 e. The van der Waals surface area contributed by atoms with Crippen molar-refractivity contribution in [3.8, 4) is 0 Å². The molecule has 0 bridgehead atoms. The fraction of sp³-hybridized carbons (Fsp3) is 0.429. The van der Waals surface area contributed by atoms with Crippen molar-refractivity contribution in [1.82, 2.24) is 10.2 Å². The summed E-state index contributed by atoms with van der Waals surface area (Å²) in [6.45, 7) is 1.92. The Morgan fingerprint density at radius 1 is 0.913 bits per heavy atom. The molecule has 0 aliphatic heterocycles. The Labute approximate surface area is 269 Å². The molecule has 1 saturated carbocycles. The summed E-state index contributed by atoms with van der Waals surface area (Å²) in [5.74, 6) is -0.587. The predicted molar refractivity (Wildman–Crippen MR) is 174 cm³/mol. The molecule has 3 aromatic rings. The number of nitrogens with one attached hydrogen (secondary N) is 1. The predicted octanol–water partition coefficient (Wildman–Crippen LogP) is 6.65. The summed E-state index contributed by atoms with van der Waals surface area (Å²) in [6.07, 6.45) is 1.44. The number of sulfonamides is 1. The van der Waals surface area contributed by atoms with Crippen molar-refractivity contribution < 1.29 is 31.2 Å². The van der Waals surface area contributed by atoms with Gasteiger partial charge in [0.25, 0.3) is 0 Å². The Balaban J connectivity index is 1.59.